The first-order valence-corrected chi connectivity index (χ1v) is 9.46. The van der Waals surface area contributed by atoms with Gasteiger partial charge in [0.05, 0.1) is 17.2 Å². The SMILES string of the molecule is O=C(Cn1cnc2ccc(Br)cc2c1=O)N1CCCCc2ccccc21. The van der Waals surface area contributed by atoms with Gasteiger partial charge in [0.1, 0.15) is 6.54 Å². The van der Waals surface area contributed by atoms with E-state index in [-0.39, 0.29) is 18.0 Å². The van der Waals surface area contributed by atoms with Crippen molar-refractivity contribution in [3.8, 4) is 0 Å². The Morgan fingerprint density at radius 3 is 2.88 bits per heavy atom. The molecule has 1 aliphatic rings. The van der Waals surface area contributed by atoms with Crippen LogP contribution >= 0.6 is 15.9 Å². The van der Waals surface area contributed by atoms with E-state index in [2.05, 4.69) is 27.0 Å². The van der Waals surface area contributed by atoms with Crippen LogP contribution in [-0.4, -0.2) is 22.0 Å². The Labute approximate surface area is 159 Å². The molecule has 2 aromatic carbocycles. The number of hydrogen-bond donors (Lipinski definition) is 0. The fraction of sp³-hybridized carbons (Fsp3) is 0.250. The smallest absolute Gasteiger partial charge is 0.261 e. The van der Waals surface area contributed by atoms with Crippen molar-refractivity contribution >= 4 is 38.4 Å². The number of fused-ring (bicyclic) bond motifs is 2. The first kappa shape index (κ1) is 17.0. The van der Waals surface area contributed by atoms with E-state index in [4.69, 9.17) is 0 Å². The maximum Gasteiger partial charge on any atom is 0.261 e. The molecule has 0 saturated carbocycles. The first-order chi connectivity index (χ1) is 12.6. The van der Waals surface area contributed by atoms with Crippen molar-refractivity contribution in [2.75, 3.05) is 11.4 Å². The second-order valence-corrected chi connectivity index (χ2v) is 7.39. The summed E-state index contributed by atoms with van der Waals surface area (Å²) in [4.78, 5) is 31.8. The summed E-state index contributed by atoms with van der Waals surface area (Å²) in [6, 6.07) is 13.4. The molecule has 0 aliphatic carbocycles. The molecule has 0 saturated heterocycles. The molecule has 2 heterocycles. The number of amides is 1. The van der Waals surface area contributed by atoms with E-state index in [0.29, 0.717) is 17.4 Å². The van der Waals surface area contributed by atoms with E-state index in [1.807, 2.05) is 24.3 Å². The number of carbonyl (C=O) groups is 1. The van der Waals surface area contributed by atoms with Gasteiger partial charge in [-0.3, -0.25) is 14.2 Å². The number of aryl methyl sites for hydroxylation is 1. The van der Waals surface area contributed by atoms with Crippen LogP contribution in [0.1, 0.15) is 18.4 Å². The van der Waals surface area contributed by atoms with E-state index < -0.39 is 0 Å². The molecule has 4 rings (SSSR count). The van der Waals surface area contributed by atoms with E-state index in [1.165, 1.54) is 16.5 Å². The zero-order chi connectivity index (χ0) is 18.1. The van der Waals surface area contributed by atoms with Gasteiger partial charge < -0.3 is 4.90 Å². The lowest BCUT2D eigenvalue weighted by molar-refractivity contribution is -0.119. The highest BCUT2D eigenvalue weighted by Gasteiger charge is 2.21. The maximum atomic E-state index is 13.0. The van der Waals surface area contributed by atoms with Crippen LogP contribution in [0.25, 0.3) is 10.9 Å². The molecule has 0 atom stereocenters. The third-order valence-corrected chi connectivity index (χ3v) is 5.25. The summed E-state index contributed by atoms with van der Waals surface area (Å²) in [6.45, 7) is 0.666. The van der Waals surface area contributed by atoms with E-state index in [9.17, 15) is 9.59 Å². The van der Waals surface area contributed by atoms with Gasteiger partial charge in [-0.2, -0.15) is 0 Å². The molecule has 0 unspecified atom stereocenters. The van der Waals surface area contributed by atoms with Crippen molar-refractivity contribution < 1.29 is 4.79 Å². The van der Waals surface area contributed by atoms with Crippen molar-refractivity contribution in [3.63, 3.8) is 0 Å². The summed E-state index contributed by atoms with van der Waals surface area (Å²) in [5.74, 6) is -0.0856. The number of benzene rings is 2. The normalized spacial score (nSPS) is 14.1. The third kappa shape index (κ3) is 3.17. The van der Waals surface area contributed by atoms with Gasteiger partial charge in [0.2, 0.25) is 5.91 Å². The molecule has 0 fully saturated rings. The van der Waals surface area contributed by atoms with E-state index >= 15 is 0 Å². The van der Waals surface area contributed by atoms with Gasteiger partial charge in [-0.15, -0.1) is 0 Å². The third-order valence-electron chi connectivity index (χ3n) is 4.75. The van der Waals surface area contributed by atoms with Crippen LogP contribution in [0.3, 0.4) is 0 Å². The molecule has 3 aromatic rings. The van der Waals surface area contributed by atoms with Gasteiger partial charge >= 0.3 is 0 Å². The van der Waals surface area contributed by atoms with Crippen molar-refractivity contribution in [1.29, 1.82) is 0 Å². The van der Waals surface area contributed by atoms with Gasteiger partial charge in [0.15, 0.2) is 0 Å². The van der Waals surface area contributed by atoms with Crippen LogP contribution in [0.5, 0.6) is 0 Å². The quantitative estimate of drug-likeness (QED) is 0.647. The topological polar surface area (TPSA) is 55.2 Å². The Hall–Kier alpha value is -2.47. The van der Waals surface area contributed by atoms with Gasteiger partial charge in [-0.1, -0.05) is 34.1 Å². The lowest BCUT2D eigenvalue weighted by Crippen LogP contribution is -2.37. The molecule has 0 radical (unpaired) electrons. The summed E-state index contributed by atoms with van der Waals surface area (Å²) in [5, 5.41) is 0.506. The molecular formula is C20H18BrN3O2. The van der Waals surface area contributed by atoms with Crippen molar-refractivity contribution in [2.24, 2.45) is 0 Å². The summed E-state index contributed by atoms with van der Waals surface area (Å²) >= 11 is 3.38. The molecule has 1 amide bonds. The van der Waals surface area contributed by atoms with E-state index in [0.717, 1.165) is 29.4 Å². The molecular weight excluding hydrogens is 394 g/mol. The van der Waals surface area contributed by atoms with Crippen LogP contribution in [-0.2, 0) is 17.8 Å². The summed E-state index contributed by atoms with van der Waals surface area (Å²) in [6.07, 6.45) is 4.45. The Bertz CT molecular complexity index is 1040. The van der Waals surface area contributed by atoms with Crippen LogP contribution in [0.15, 0.2) is 58.1 Å². The largest absolute Gasteiger partial charge is 0.311 e. The fourth-order valence-electron chi connectivity index (χ4n) is 3.43. The second kappa shape index (κ2) is 7.03. The molecule has 6 heteroatoms. The Morgan fingerprint density at radius 2 is 2.00 bits per heavy atom. The fourth-order valence-corrected chi connectivity index (χ4v) is 3.79. The average Bonchev–Trinajstić information content (AvgIpc) is 2.87. The number of rotatable bonds is 2. The molecule has 1 aromatic heterocycles. The summed E-state index contributed by atoms with van der Waals surface area (Å²) in [5.41, 5.74) is 2.57. The van der Waals surface area contributed by atoms with Crippen molar-refractivity contribution in [1.82, 2.24) is 9.55 Å². The first-order valence-electron chi connectivity index (χ1n) is 8.66. The maximum absolute atomic E-state index is 13.0. The zero-order valence-electron chi connectivity index (χ0n) is 14.2. The second-order valence-electron chi connectivity index (χ2n) is 6.47. The predicted molar refractivity (Wildman–Crippen MR) is 105 cm³/mol. The minimum absolute atomic E-state index is 0.0113. The average molecular weight is 412 g/mol. The Balaban J connectivity index is 1.68. The number of nitrogens with zero attached hydrogens (tertiary/aromatic N) is 3. The molecule has 0 spiro atoms. The summed E-state index contributed by atoms with van der Waals surface area (Å²) in [7, 11) is 0. The molecule has 0 N–H and O–H groups in total. The van der Waals surface area contributed by atoms with Gasteiger partial charge in [-0.25, -0.2) is 4.98 Å². The van der Waals surface area contributed by atoms with Gasteiger partial charge in [0.25, 0.3) is 5.56 Å². The zero-order valence-corrected chi connectivity index (χ0v) is 15.8. The number of para-hydroxylation sites is 1. The van der Waals surface area contributed by atoms with Gasteiger partial charge in [-0.05, 0) is 49.1 Å². The number of hydrogen-bond acceptors (Lipinski definition) is 3. The van der Waals surface area contributed by atoms with E-state index in [1.54, 1.807) is 17.0 Å². The number of halogens is 1. The molecule has 5 nitrogen and oxygen atoms in total. The highest BCUT2D eigenvalue weighted by Crippen LogP contribution is 2.26. The van der Waals surface area contributed by atoms with Crippen LogP contribution in [0, 0.1) is 0 Å². The lowest BCUT2D eigenvalue weighted by Gasteiger charge is -2.23. The van der Waals surface area contributed by atoms with Crippen LogP contribution in [0.4, 0.5) is 5.69 Å². The minimum atomic E-state index is -0.201. The van der Waals surface area contributed by atoms with Crippen molar-refractivity contribution in [2.45, 2.75) is 25.8 Å². The van der Waals surface area contributed by atoms with Gasteiger partial charge in [0, 0.05) is 16.7 Å². The number of carbonyl (C=O) groups excluding carboxylic acids is 1. The summed E-state index contributed by atoms with van der Waals surface area (Å²) < 4.78 is 2.21. The molecule has 26 heavy (non-hydrogen) atoms. The Morgan fingerprint density at radius 1 is 1.15 bits per heavy atom. The molecule has 132 valence electrons. The highest BCUT2D eigenvalue weighted by molar-refractivity contribution is 9.10. The molecule has 1 aliphatic heterocycles. The predicted octanol–water partition coefficient (Wildman–Crippen LogP) is 3.53. The standard InChI is InChI=1S/C20H18BrN3O2/c21-15-8-9-17-16(11-15)20(26)23(13-22-17)12-19(25)24-10-4-3-6-14-5-1-2-7-18(14)24/h1-2,5,7-9,11,13H,3-4,6,10,12H2. The monoisotopic (exact) mass is 411 g/mol. The highest BCUT2D eigenvalue weighted by atomic mass is 79.9. The van der Waals surface area contributed by atoms with Crippen molar-refractivity contribution in [3.05, 3.63) is 69.2 Å². The van der Waals surface area contributed by atoms with Crippen LogP contribution in [0.2, 0.25) is 0 Å². The lowest BCUT2D eigenvalue weighted by atomic mass is 10.1. The number of aromatic nitrogens is 2. The van der Waals surface area contributed by atoms with Crippen LogP contribution < -0.4 is 10.5 Å². The molecule has 0 bridgehead atoms. The Kier molecular flexibility index (Phi) is 4.59. The number of anilines is 1. The minimum Gasteiger partial charge on any atom is -0.311 e.